The van der Waals surface area contributed by atoms with Gasteiger partial charge in [0.25, 0.3) is 0 Å². The van der Waals surface area contributed by atoms with Crippen LogP contribution in [0.15, 0.2) is 0 Å². The van der Waals surface area contributed by atoms with E-state index in [-0.39, 0.29) is 25.1 Å². The van der Waals surface area contributed by atoms with E-state index in [1.165, 1.54) is 0 Å². The van der Waals surface area contributed by atoms with Crippen molar-refractivity contribution in [1.29, 1.82) is 0 Å². The van der Waals surface area contributed by atoms with Gasteiger partial charge in [-0.2, -0.15) is 0 Å². The summed E-state index contributed by atoms with van der Waals surface area (Å²) in [5.41, 5.74) is 0. The molecule has 0 aromatic rings. The van der Waals surface area contributed by atoms with Gasteiger partial charge in [-0.25, -0.2) is 9.59 Å². The Labute approximate surface area is 107 Å². The number of hydrogen-bond donors (Lipinski definition) is 3. The number of piperidine rings is 1. The standard InChI is InChI=1S/C12H22N2O4/c1-8-3-5-14(9(2)7-8)12(18)13-10(4-6-15)11(16)17/h8-10,15H,3-7H2,1-2H3,(H,13,18)(H,16,17)/t8?,9?,10-/m1/s1. The molecule has 0 saturated carbocycles. The summed E-state index contributed by atoms with van der Waals surface area (Å²) < 4.78 is 0. The Balaban J connectivity index is 2.55. The highest BCUT2D eigenvalue weighted by molar-refractivity contribution is 5.82. The lowest BCUT2D eigenvalue weighted by Crippen LogP contribution is -2.53. The van der Waals surface area contributed by atoms with Crippen molar-refractivity contribution in [3.63, 3.8) is 0 Å². The molecule has 3 atom stereocenters. The van der Waals surface area contributed by atoms with Crippen LogP contribution in [0, 0.1) is 5.92 Å². The number of urea groups is 1. The first kappa shape index (κ1) is 14.8. The molecule has 6 nitrogen and oxygen atoms in total. The van der Waals surface area contributed by atoms with Crippen molar-refractivity contribution in [3.8, 4) is 0 Å². The fourth-order valence-corrected chi connectivity index (χ4v) is 2.33. The van der Waals surface area contributed by atoms with Crippen molar-refractivity contribution in [2.45, 2.75) is 45.2 Å². The summed E-state index contributed by atoms with van der Waals surface area (Å²) in [6.45, 7) is 4.51. The first-order chi connectivity index (χ1) is 8.45. The van der Waals surface area contributed by atoms with Crippen LogP contribution in [0.2, 0.25) is 0 Å². The molecule has 0 spiro atoms. The summed E-state index contributed by atoms with van der Waals surface area (Å²) in [5, 5.41) is 20.1. The Morgan fingerprint density at radius 3 is 2.61 bits per heavy atom. The van der Waals surface area contributed by atoms with E-state index >= 15 is 0 Å². The van der Waals surface area contributed by atoms with E-state index in [4.69, 9.17) is 10.2 Å². The van der Waals surface area contributed by atoms with Crippen LogP contribution >= 0.6 is 0 Å². The fraction of sp³-hybridized carbons (Fsp3) is 0.833. The Morgan fingerprint density at radius 1 is 1.44 bits per heavy atom. The first-order valence-electron chi connectivity index (χ1n) is 6.36. The highest BCUT2D eigenvalue weighted by Gasteiger charge is 2.29. The summed E-state index contributed by atoms with van der Waals surface area (Å²) in [7, 11) is 0. The number of carboxylic acid groups (broad SMARTS) is 1. The third-order valence-electron chi connectivity index (χ3n) is 3.41. The van der Waals surface area contributed by atoms with E-state index in [1.54, 1.807) is 4.90 Å². The van der Waals surface area contributed by atoms with Crippen LogP contribution in [0.3, 0.4) is 0 Å². The van der Waals surface area contributed by atoms with E-state index in [1.807, 2.05) is 6.92 Å². The van der Waals surface area contributed by atoms with Gasteiger partial charge in [0.15, 0.2) is 0 Å². The minimum atomic E-state index is -1.12. The first-order valence-corrected chi connectivity index (χ1v) is 6.36. The van der Waals surface area contributed by atoms with Gasteiger partial charge < -0.3 is 20.4 Å². The molecule has 0 radical (unpaired) electrons. The molecular formula is C12H22N2O4. The van der Waals surface area contributed by atoms with Crippen molar-refractivity contribution in [3.05, 3.63) is 0 Å². The van der Waals surface area contributed by atoms with Crippen LogP contribution < -0.4 is 5.32 Å². The highest BCUT2D eigenvalue weighted by atomic mass is 16.4. The van der Waals surface area contributed by atoms with Gasteiger partial charge in [0.1, 0.15) is 6.04 Å². The van der Waals surface area contributed by atoms with Crippen molar-refractivity contribution in [1.82, 2.24) is 10.2 Å². The van der Waals surface area contributed by atoms with Gasteiger partial charge >= 0.3 is 12.0 Å². The number of rotatable bonds is 4. The van der Waals surface area contributed by atoms with Crippen LogP contribution in [-0.2, 0) is 4.79 Å². The summed E-state index contributed by atoms with van der Waals surface area (Å²) >= 11 is 0. The average molecular weight is 258 g/mol. The van der Waals surface area contributed by atoms with E-state index in [0.29, 0.717) is 12.5 Å². The zero-order valence-corrected chi connectivity index (χ0v) is 10.9. The van der Waals surface area contributed by atoms with Crippen LogP contribution in [-0.4, -0.2) is 52.3 Å². The number of likely N-dealkylation sites (tertiary alicyclic amines) is 1. The summed E-state index contributed by atoms with van der Waals surface area (Å²) in [6.07, 6.45) is 1.90. The second kappa shape index (κ2) is 6.58. The molecule has 1 saturated heterocycles. The van der Waals surface area contributed by atoms with Gasteiger partial charge in [0, 0.05) is 25.6 Å². The van der Waals surface area contributed by atoms with E-state index < -0.39 is 12.0 Å². The van der Waals surface area contributed by atoms with Gasteiger partial charge in [-0.15, -0.1) is 0 Å². The number of hydrogen-bond acceptors (Lipinski definition) is 3. The number of carboxylic acids is 1. The van der Waals surface area contributed by atoms with Gasteiger partial charge in [-0.05, 0) is 25.7 Å². The molecule has 0 bridgehead atoms. The summed E-state index contributed by atoms with van der Waals surface area (Å²) in [4.78, 5) is 24.5. The minimum Gasteiger partial charge on any atom is -0.480 e. The molecule has 1 aliphatic rings. The third-order valence-corrected chi connectivity index (χ3v) is 3.41. The van der Waals surface area contributed by atoms with Gasteiger partial charge in [0.05, 0.1) is 0 Å². The quantitative estimate of drug-likeness (QED) is 0.690. The molecule has 2 amide bonds. The lowest BCUT2D eigenvalue weighted by atomic mass is 9.94. The third kappa shape index (κ3) is 3.87. The van der Waals surface area contributed by atoms with E-state index in [9.17, 15) is 9.59 Å². The molecule has 0 aromatic carbocycles. The Kier molecular flexibility index (Phi) is 5.40. The van der Waals surface area contributed by atoms with Crippen molar-refractivity contribution in [2.75, 3.05) is 13.2 Å². The predicted octanol–water partition coefficient (Wildman–Crippen LogP) is 0.652. The normalized spacial score (nSPS) is 25.6. The zero-order chi connectivity index (χ0) is 13.7. The topological polar surface area (TPSA) is 89.9 Å². The number of carbonyl (C=O) groups excluding carboxylic acids is 1. The van der Waals surface area contributed by atoms with Gasteiger partial charge in [0.2, 0.25) is 0 Å². The van der Waals surface area contributed by atoms with Crippen LogP contribution in [0.25, 0.3) is 0 Å². The monoisotopic (exact) mass is 258 g/mol. The van der Waals surface area contributed by atoms with E-state index in [0.717, 1.165) is 12.8 Å². The van der Waals surface area contributed by atoms with E-state index in [2.05, 4.69) is 12.2 Å². The number of amides is 2. The molecule has 0 aromatic heterocycles. The number of nitrogens with one attached hydrogen (secondary N) is 1. The van der Waals surface area contributed by atoms with Crippen molar-refractivity contribution in [2.24, 2.45) is 5.92 Å². The molecule has 1 fully saturated rings. The average Bonchev–Trinajstić information content (AvgIpc) is 2.27. The van der Waals surface area contributed by atoms with Crippen molar-refractivity contribution < 1.29 is 19.8 Å². The summed E-state index contributed by atoms with van der Waals surface area (Å²) in [5.74, 6) is -0.521. The molecule has 3 N–H and O–H groups in total. The summed E-state index contributed by atoms with van der Waals surface area (Å²) in [6, 6.07) is -1.25. The lowest BCUT2D eigenvalue weighted by Gasteiger charge is -2.37. The molecule has 1 heterocycles. The number of aliphatic carboxylic acids is 1. The Morgan fingerprint density at radius 2 is 2.11 bits per heavy atom. The van der Waals surface area contributed by atoms with Crippen LogP contribution in [0.1, 0.15) is 33.1 Å². The smallest absolute Gasteiger partial charge is 0.326 e. The molecule has 18 heavy (non-hydrogen) atoms. The lowest BCUT2D eigenvalue weighted by molar-refractivity contribution is -0.139. The van der Waals surface area contributed by atoms with Crippen molar-refractivity contribution >= 4 is 12.0 Å². The molecule has 0 aliphatic carbocycles. The van der Waals surface area contributed by atoms with Gasteiger partial charge in [-0.3, -0.25) is 0 Å². The maximum atomic E-state index is 12.0. The maximum absolute atomic E-state index is 12.0. The largest absolute Gasteiger partial charge is 0.480 e. The molecule has 6 heteroatoms. The minimum absolute atomic E-state index is 0.0275. The number of aliphatic hydroxyl groups excluding tert-OH is 1. The second-order valence-electron chi connectivity index (χ2n) is 5.02. The maximum Gasteiger partial charge on any atom is 0.326 e. The molecule has 1 aliphatic heterocycles. The molecule has 1 rings (SSSR count). The zero-order valence-electron chi connectivity index (χ0n) is 10.9. The Bertz CT molecular complexity index is 308. The number of carbonyl (C=O) groups is 2. The predicted molar refractivity (Wildman–Crippen MR) is 66.2 cm³/mol. The second-order valence-corrected chi connectivity index (χ2v) is 5.02. The number of aliphatic hydroxyl groups is 1. The molecular weight excluding hydrogens is 236 g/mol. The van der Waals surface area contributed by atoms with Crippen LogP contribution in [0.4, 0.5) is 4.79 Å². The Hall–Kier alpha value is -1.30. The molecule has 2 unspecified atom stereocenters. The SMILES string of the molecule is CC1CCN(C(=O)N[C@H](CCO)C(=O)O)C(C)C1. The number of nitrogens with zero attached hydrogens (tertiary/aromatic N) is 1. The van der Waals surface area contributed by atoms with Crippen LogP contribution in [0.5, 0.6) is 0 Å². The fourth-order valence-electron chi connectivity index (χ4n) is 2.33. The highest BCUT2D eigenvalue weighted by Crippen LogP contribution is 2.22. The van der Waals surface area contributed by atoms with Gasteiger partial charge in [-0.1, -0.05) is 6.92 Å². The molecule has 104 valence electrons.